The summed E-state index contributed by atoms with van der Waals surface area (Å²) in [4.78, 5) is 19.2. The molecule has 3 aromatic rings. The van der Waals surface area contributed by atoms with Crippen LogP contribution in [0.15, 0.2) is 48.8 Å². The van der Waals surface area contributed by atoms with E-state index in [4.69, 9.17) is 0 Å². The van der Waals surface area contributed by atoms with E-state index in [1.807, 2.05) is 6.07 Å². The topological polar surface area (TPSA) is 78.0 Å². The van der Waals surface area contributed by atoms with Crippen LogP contribution < -0.4 is 5.32 Å². The molecule has 0 unspecified atom stereocenters. The fourth-order valence-corrected chi connectivity index (χ4v) is 1.89. The molecule has 19 heavy (non-hydrogen) atoms. The SMILES string of the molecule is O=C(Nc1ccc(O)cc1)c1c[nH]c2ncccc12. The third kappa shape index (κ3) is 2.13. The van der Waals surface area contributed by atoms with Crippen LogP contribution in [0.2, 0.25) is 0 Å². The Morgan fingerprint density at radius 3 is 2.79 bits per heavy atom. The average molecular weight is 253 g/mol. The molecular formula is C14H11N3O2. The molecule has 0 fully saturated rings. The van der Waals surface area contributed by atoms with Gasteiger partial charge >= 0.3 is 0 Å². The van der Waals surface area contributed by atoms with Crippen molar-refractivity contribution in [2.75, 3.05) is 5.32 Å². The number of aromatic nitrogens is 2. The summed E-state index contributed by atoms with van der Waals surface area (Å²) in [6.45, 7) is 0. The minimum Gasteiger partial charge on any atom is -0.508 e. The van der Waals surface area contributed by atoms with Gasteiger partial charge in [-0.05, 0) is 36.4 Å². The summed E-state index contributed by atoms with van der Waals surface area (Å²) in [5.41, 5.74) is 1.84. The van der Waals surface area contributed by atoms with Gasteiger partial charge in [-0.25, -0.2) is 4.98 Å². The number of aromatic amines is 1. The smallest absolute Gasteiger partial charge is 0.257 e. The zero-order chi connectivity index (χ0) is 13.2. The van der Waals surface area contributed by atoms with Gasteiger partial charge in [0.15, 0.2) is 0 Å². The Bertz CT molecular complexity index is 732. The Kier molecular flexibility index (Phi) is 2.64. The number of phenolic OH excluding ortho intramolecular Hbond substituents is 1. The van der Waals surface area contributed by atoms with E-state index >= 15 is 0 Å². The summed E-state index contributed by atoms with van der Waals surface area (Å²) in [7, 11) is 0. The minimum atomic E-state index is -0.218. The molecule has 2 heterocycles. The summed E-state index contributed by atoms with van der Waals surface area (Å²) in [5, 5.41) is 12.7. The van der Waals surface area contributed by atoms with E-state index in [1.165, 1.54) is 12.1 Å². The second kappa shape index (κ2) is 4.45. The average Bonchev–Trinajstić information content (AvgIpc) is 2.85. The third-order valence-corrected chi connectivity index (χ3v) is 2.82. The van der Waals surface area contributed by atoms with Gasteiger partial charge < -0.3 is 15.4 Å². The maximum atomic E-state index is 12.2. The number of hydrogen-bond acceptors (Lipinski definition) is 3. The van der Waals surface area contributed by atoms with Gasteiger partial charge in [-0.15, -0.1) is 0 Å². The van der Waals surface area contributed by atoms with Gasteiger partial charge in [-0.1, -0.05) is 0 Å². The maximum Gasteiger partial charge on any atom is 0.257 e. The van der Waals surface area contributed by atoms with E-state index in [0.717, 1.165) is 5.39 Å². The minimum absolute atomic E-state index is 0.161. The number of rotatable bonds is 2. The number of benzene rings is 1. The molecule has 0 saturated carbocycles. The van der Waals surface area contributed by atoms with E-state index < -0.39 is 0 Å². The standard InChI is InChI=1S/C14H11N3O2/c18-10-5-3-9(4-6-10)17-14(19)12-8-16-13-11(12)2-1-7-15-13/h1-8,18H,(H,15,16)(H,17,19). The van der Waals surface area contributed by atoms with Crippen molar-refractivity contribution in [3.8, 4) is 5.75 Å². The number of nitrogens with zero attached hydrogens (tertiary/aromatic N) is 1. The van der Waals surface area contributed by atoms with Crippen LogP contribution in [0.25, 0.3) is 11.0 Å². The number of hydrogen-bond donors (Lipinski definition) is 3. The molecule has 0 saturated heterocycles. The van der Waals surface area contributed by atoms with Crippen molar-refractivity contribution < 1.29 is 9.90 Å². The highest BCUT2D eigenvalue weighted by atomic mass is 16.3. The molecule has 0 aliphatic rings. The van der Waals surface area contributed by atoms with Crippen LogP contribution in [0.4, 0.5) is 5.69 Å². The summed E-state index contributed by atoms with van der Waals surface area (Å²) in [6, 6.07) is 9.94. The Morgan fingerprint density at radius 1 is 1.21 bits per heavy atom. The lowest BCUT2D eigenvalue weighted by atomic mass is 10.2. The highest BCUT2D eigenvalue weighted by Crippen LogP contribution is 2.18. The van der Waals surface area contributed by atoms with E-state index in [9.17, 15) is 9.90 Å². The number of phenols is 1. The zero-order valence-corrected chi connectivity index (χ0v) is 9.92. The normalized spacial score (nSPS) is 10.5. The van der Waals surface area contributed by atoms with Crippen molar-refractivity contribution in [3.63, 3.8) is 0 Å². The van der Waals surface area contributed by atoms with E-state index in [2.05, 4.69) is 15.3 Å². The largest absolute Gasteiger partial charge is 0.508 e. The second-order valence-electron chi connectivity index (χ2n) is 4.10. The first-order chi connectivity index (χ1) is 9.24. The molecule has 3 rings (SSSR count). The van der Waals surface area contributed by atoms with E-state index in [0.29, 0.717) is 16.9 Å². The van der Waals surface area contributed by atoms with Crippen LogP contribution in [0.3, 0.4) is 0 Å². The molecule has 2 aromatic heterocycles. The summed E-state index contributed by atoms with van der Waals surface area (Å²) in [6.07, 6.45) is 3.30. The third-order valence-electron chi connectivity index (χ3n) is 2.82. The number of fused-ring (bicyclic) bond motifs is 1. The second-order valence-corrected chi connectivity index (χ2v) is 4.10. The number of anilines is 1. The van der Waals surface area contributed by atoms with Crippen molar-refractivity contribution in [1.82, 2.24) is 9.97 Å². The predicted molar refractivity (Wildman–Crippen MR) is 72.2 cm³/mol. The molecule has 0 aliphatic heterocycles. The molecule has 5 nitrogen and oxygen atoms in total. The predicted octanol–water partition coefficient (Wildman–Crippen LogP) is 2.52. The van der Waals surface area contributed by atoms with Crippen LogP contribution >= 0.6 is 0 Å². The summed E-state index contributed by atoms with van der Waals surface area (Å²) >= 11 is 0. The fraction of sp³-hybridized carbons (Fsp3) is 0. The van der Waals surface area contributed by atoms with Gasteiger partial charge in [-0.2, -0.15) is 0 Å². The zero-order valence-electron chi connectivity index (χ0n) is 9.92. The summed E-state index contributed by atoms with van der Waals surface area (Å²) in [5.74, 6) is -0.0563. The van der Waals surface area contributed by atoms with E-state index in [-0.39, 0.29) is 11.7 Å². The molecule has 1 amide bonds. The molecular weight excluding hydrogens is 242 g/mol. The Hall–Kier alpha value is -2.82. The molecule has 94 valence electrons. The molecule has 0 bridgehead atoms. The quantitative estimate of drug-likeness (QED) is 0.614. The van der Waals surface area contributed by atoms with Crippen LogP contribution in [0, 0.1) is 0 Å². The lowest BCUT2D eigenvalue weighted by molar-refractivity contribution is 0.102. The lowest BCUT2D eigenvalue weighted by Gasteiger charge is -2.04. The molecule has 0 atom stereocenters. The first-order valence-corrected chi connectivity index (χ1v) is 5.76. The van der Waals surface area contributed by atoms with Crippen LogP contribution in [-0.2, 0) is 0 Å². The Morgan fingerprint density at radius 2 is 2.00 bits per heavy atom. The monoisotopic (exact) mass is 253 g/mol. The van der Waals surface area contributed by atoms with Crippen molar-refractivity contribution >= 4 is 22.6 Å². The Balaban J connectivity index is 1.90. The van der Waals surface area contributed by atoms with Gasteiger partial charge in [0.25, 0.3) is 5.91 Å². The van der Waals surface area contributed by atoms with E-state index in [1.54, 1.807) is 30.6 Å². The number of amides is 1. The van der Waals surface area contributed by atoms with Crippen LogP contribution in [-0.4, -0.2) is 21.0 Å². The van der Waals surface area contributed by atoms with Crippen molar-refractivity contribution in [2.45, 2.75) is 0 Å². The number of H-pyrrole nitrogens is 1. The highest BCUT2D eigenvalue weighted by Gasteiger charge is 2.12. The van der Waals surface area contributed by atoms with Gasteiger partial charge in [0.1, 0.15) is 11.4 Å². The molecule has 3 N–H and O–H groups in total. The molecule has 0 aliphatic carbocycles. The highest BCUT2D eigenvalue weighted by molar-refractivity contribution is 6.12. The van der Waals surface area contributed by atoms with Gasteiger partial charge in [0.05, 0.1) is 5.56 Å². The number of pyridine rings is 1. The number of nitrogens with one attached hydrogen (secondary N) is 2. The van der Waals surface area contributed by atoms with Crippen molar-refractivity contribution in [3.05, 3.63) is 54.4 Å². The Labute approximate surface area is 108 Å². The van der Waals surface area contributed by atoms with Crippen molar-refractivity contribution in [2.24, 2.45) is 0 Å². The maximum absolute atomic E-state index is 12.2. The molecule has 5 heteroatoms. The number of carbonyl (C=O) groups excluding carboxylic acids is 1. The van der Waals surface area contributed by atoms with Crippen LogP contribution in [0.5, 0.6) is 5.75 Å². The lowest BCUT2D eigenvalue weighted by Crippen LogP contribution is -2.11. The number of aromatic hydroxyl groups is 1. The van der Waals surface area contributed by atoms with Crippen LogP contribution in [0.1, 0.15) is 10.4 Å². The first-order valence-electron chi connectivity index (χ1n) is 5.76. The van der Waals surface area contributed by atoms with Crippen molar-refractivity contribution in [1.29, 1.82) is 0 Å². The molecule has 0 radical (unpaired) electrons. The fourth-order valence-electron chi connectivity index (χ4n) is 1.89. The van der Waals surface area contributed by atoms with Gasteiger partial charge in [-0.3, -0.25) is 4.79 Å². The van der Waals surface area contributed by atoms with Gasteiger partial charge in [0, 0.05) is 23.5 Å². The number of carbonyl (C=O) groups is 1. The first kappa shape index (κ1) is 11.3. The van der Waals surface area contributed by atoms with Gasteiger partial charge in [0.2, 0.25) is 0 Å². The molecule has 1 aromatic carbocycles. The summed E-state index contributed by atoms with van der Waals surface area (Å²) < 4.78 is 0. The molecule has 0 spiro atoms.